The van der Waals surface area contributed by atoms with Gasteiger partial charge in [0.1, 0.15) is 10.7 Å². The van der Waals surface area contributed by atoms with Crippen molar-refractivity contribution in [3.8, 4) is 11.3 Å². The minimum absolute atomic E-state index is 0.0627. The number of nitrogens with one attached hydrogen (secondary N) is 1. The summed E-state index contributed by atoms with van der Waals surface area (Å²) in [5, 5.41) is 9.93. The summed E-state index contributed by atoms with van der Waals surface area (Å²) in [6.07, 6.45) is 0. The van der Waals surface area contributed by atoms with Crippen LogP contribution in [0, 0.1) is 20.8 Å². The summed E-state index contributed by atoms with van der Waals surface area (Å²) in [5.74, 6) is -0.674. The van der Waals surface area contributed by atoms with Crippen LogP contribution in [0.25, 0.3) is 11.3 Å². The molecule has 2 heterocycles. The first-order valence-corrected chi connectivity index (χ1v) is 10.1. The number of aromatic nitrogens is 1. The molecular formula is C17H17N3O4S2. The van der Waals surface area contributed by atoms with E-state index in [4.69, 9.17) is 9.56 Å². The summed E-state index contributed by atoms with van der Waals surface area (Å²) in [7, 11) is -3.95. The molecule has 0 aliphatic heterocycles. The van der Waals surface area contributed by atoms with Gasteiger partial charge in [-0.15, -0.1) is 11.3 Å². The number of hydrogen-bond acceptors (Lipinski definition) is 6. The van der Waals surface area contributed by atoms with E-state index in [0.29, 0.717) is 5.13 Å². The fraction of sp³-hybridized carbons (Fsp3) is 0.176. The first kappa shape index (κ1) is 18.3. The molecule has 0 bridgehead atoms. The van der Waals surface area contributed by atoms with E-state index in [1.54, 1.807) is 0 Å². The molecule has 2 aromatic heterocycles. The molecule has 9 heteroatoms. The maximum Gasteiger partial charge on any atom is 0.293 e. The highest BCUT2D eigenvalue weighted by Gasteiger charge is 2.21. The molecule has 0 atom stereocenters. The Morgan fingerprint density at radius 2 is 1.96 bits per heavy atom. The van der Waals surface area contributed by atoms with Crippen LogP contribution in [0.5, 0.6) is 0 Å². The lowest BCUT2D eigenvalue weighted by atomic mass is 10.0. The third kappa shape index (κ3) is 3.69. The minimum Gasteiger partial charge on any atom is -0.455 e. The molecule has 0 aliphatic carbocycles. The Balaban J connectivity index is 1.82. The molecule has 0 fully saturated rings. The molecule has 3 aromatic rings. The van der Waals surface area contributed by atoms with Gasteiger partial charge in [-0.25, -0.2) is 18.5 Å². The molecule has 1 amide bonds. The number of furan rings is 1. The minimum atomic E-state index is -3.95. The van der Waals surface area contributed by atoms with Gasteiger partial charge in [0.15, 0.2) is 10.9 Å². The summed E-state index contributed by atoms with van der Waals surface area (Å²) in [5.41, 5.74) is 3.99. The molecule has 0 spiro atoms. The molecule has 0 saturated heterocycles. The summed E-state index contributed by atoms with van der Waals surface area (Å²) >= 11 is 1.27. The van der Waals surface area contributed by atoms with E-state index in [1.807, 2.05) is 31.4 Å². The summed E-state index contributed by atoms with van der Waals surface area (Å²) in [6, 6.07) is 7.16. The van der Waals surface area contributed by atoms with Crippen LogP contribution < -0.4 is 10.5 Å². The van der Waals surface area contributed by atoms with Crippen molar-refractivity contribution in [1.29, 1.82) is 0 Å². The van der Waals surface area contributed by atoms with E-state index in [9.17, 15) is 13.2 Å². The first-order chi connectivity index (χ1) is 12.1. The molecule has 7 nitrogen and oxygen atoms in total. The Labute approximate surface area is 154 Å². The van der Waals surface area contributed by atoms with Crippen LogP contribution in [0.2, 0.25) is 0 Å². The number of aryl methyl sites for hydroxylation is 3. The molecule has 26 heavy (non-hydrogen) atoms. The van der Waals surface area contributed by atoms with E-state index < -0.39 is 15.9 Å². The molecule has 136 valence electrons. The van der Waals surface area contributed by atoms with E-state index >= 15 is 0 Å². The number of sulfonamides is 1. The second-order valence-corrected chi connectivity index (χ2v) is 8.27. The van der Waals surface area contributed by atoms with Crippen molar-refractivity contribution in [2.75, 3.05) is 5.32 Å². The predicted octanol–water partition coefficient (Wildman–Crippen LogP) is 3.23. The number of carbonyl (C=O) groups is 1. The highest BCUT2D eigenvalue weighted by atomic mass is 32.2. The quantitative estimate of drug-likeness (QED) is 0.708. The third-order valence-corrected chi connectivity index (χ3v) is 5.56. The lowest BCUT2D eigenvalue weighted by Gasteiger charge is -2.03. The lowest BCUT2D eigenvalue weighted by Crippen LogP contribution is -2.13. The number of nitrogens with two attached hydrogens (primary N) is 1. The average molecular weight is 391 g/mol. The highest BCUT2D eigenvalue weighted by molar-refractivity contribution is 7.89. The molecule has 3 rings (SSSR count). The normalized spacial score (nSPS) is 11.5. The molecule has 0 aliphatic rings. The Morgan fingerprint density at radius 1 is 1.23 bits per heavy atom. The van der Waals surface area contributed by atoms with Crippen molar-refractivity contribution in [1.82, 2.24) is 4.98 Å². The van der Waals surface area contributed by atoms with Gasteiger partial charge in [0.05, 0.1) is 5.69 Å². The number of primary sulfonamides is 1. The summed E-state index contributed by atoms with van der Waals surface area (Å²) in [6.45, 7) is 5.45. The second-order valence-electron chi connectivity index (χ2n) is 5.89. The molecule has 3 N–H and O–H groups in total. The maximum absolute atomic E-state index is 12.3. The fourth-order valence-corrected chi connectivity index (χ4v) is 3.99. The average Bonchev–Trinajstić information content (AvgIpc) is 3.13. The number of nitrogens with zero attached hydrogens (tertiary/aromatic N) is 1. The Bertz CT molecular complexity index is 1100. The van der Waals surface area contributed by atoms with Gasteiger partial charge >= 0.3 is 0 Å². The molecule has 0 radical (unpaired) electrons. The van der Waals surface area contributed by atoms with E-state index in [2.05, 4.69) is 16.4 Å². The summed E-state index contributed by atoms with van der Waals surface area (Å²) in [4.78, 5) is 16.5. The number of thiazole rings is 1. The first-order valence-electron chi connectivity index (χ1n) is 7.63. The van der Waals surface area contributed by atoms with Crippen LogP contribution in [0.15, 0.2) is 39.0 Å². The van der Waals surface area contributed by atoms with Gasteiger partial charge in [0.25, 0.3) is 5.91 Å². The number of anilines is 1. The second kappa shape index (κ2) is 6.67. The largest absolute Gasteiger partial charge is 0.455 e. The van der Waals surface area contributed by atoms with E-state index in [0.717, 1.165) is 28.5 Å². The maximum atomic E-state index is 12.3. The molecule has 0 unspecified atom stereocenters. The van der Waals surface area contributed by atoms with Crippen molar-refractivity contribution in [2.24, 2.45) is 5.14 Å². The van der Waals surface area contributed by atoms with Gasteiger partial charge in [0, 0.05) is 17.0 Å². The van der Waals surface area contributed by atoms with E-state index in [1.165, 1.54) is 18.3 Å². The zero-order valence-electron chi connectivity index (χ0n) is 14.4. The van der Waals surface area contributed by atoms with Crippen LogP contribution in [-0.4, -0.2) is 19.3 Å². The lowest BCUT2D eigenvalue weighted by molar-refractivity contribution is 0.0995. The van der Waals surface area contributed by atoms with Gasteiger partial charge in [-0.2, -0.15) is 0 Å². The van der Waals surface area contributed by atoms with Crippen LogP contribution in [0.1, 0.15) is 27.4 Å². The number of carbonyl (C=O) groups excluding carboxylic acids is 1. The summed E-state index contributed by atoms with van der Waals surface area (Å²) < 4.78 is 28.1. The van der Waals surface area contributed by atoms with Crippen LogP contribution >= 0.6 is 11.3 Å². The Morgan fingerprint density at radius 3 is 2.58 bits per heavy atom. The predicted molar refractivity (Wildman–Crippen MR) is 99.8 cm³/mol. The van der Waals surface area contributed by atoms with Crippen molar-refractivity contribution < 1.29 is 17.6 Å². The van der Waals surface area contributed by atoms with Gasteiger partial charge < -0.3 is 4.42 Å². The Kier molecular flexibility index (Phi) is 4.70. The number of benzene rings is 1. The smallest absolute Gasteiger partial charge is 0.293 e. The van der Waals surface area contributed by atoms with Crippen molar-refractivity contribution in [3.63, 3.8) is 0 Å². The molecular weight excluding hydrogens is 374 g/mol. The molecule has 0 saturated carbocycles. The van der Waals surface area contributed by atoms with Crippen molar-refractivity contribution in [2.45, 2.75) is 25.7 Å². The number of amides is 1. The van der Waals surface area contributed by atoms with Gasteiger partial charge in [-0.05, 0) is 26.3 Å². The van der Waals surface area contributed by atoms with Crippen molar-refractivity contribution >= 4 is 32.4 Å². The topological polar surface area (TPSA) is 115 Å². The fourth-order valence-electron chi connectivity index (χ4n) is 2.57. The number of rotatable bonds is 4. The van der Waals surface area contributed by atoms with Crippen molar-refractivity contribution in [3.05, 3.63) is 52.3 Å². The van der Waals surface area contributed by atoms with Crippen LogP contribution in [0.3, 0.4) is 0 Å². The zero-order chi connectivity index (χ0) is 19.1. The van der Waals surface area contributed by atoms with Gasteiger partial charge in [-0.3, -0.25) is 10.1 Å². The Hall–Kier alpha value is -2.49. The van der Waals surface area contributed by atoms with E-state index in [-0.39, 0.29) is 16.4 Å². The van der Waals surface area contributed by atoms with Gasteiger partial charge in [-0.1, -0.05) is 23.8 Å². The standard InChI is InChI=1S/C17H17N3O4S2/c1-9-4-5-12(10(2)6-9)13-8-25-17(19-13)20-16(21)14-7-15(11(3)24-14)26(18,22)23/h4-8H,1-3H3,(H2,18,22,23)(H,19,20,21). The van der Waals surface area contributed by atoms with Crippen LogP contribution in [-0.2, 0) is 10.0 Å². The van der Waals surface area contributed by atoms with Gasteiger partial charge in [0.2, 0.25) is 10.0 Å². The monoisotopic (exact) mass is 391 g/mol. The zero-order valence-corrected chi connectivity index (χ0v) is 16.0. The third-order valence-electron chi connectivity index (χ3n) is 3.79. The highest BCUT2D eigenvalue weighted by Crippen LogP contribution is 2.28. The van der Waals surface area contributed by atoms with Crippen LogP contribution in [0.4, 0.5) is 5.13 Å². The SMILES string of the molecule is Cc1ccc(-c2csc(NC(=O)c3cc(S(N)(=O)=O)c(C)o3)n2)c(C)c1. The number of hydrogen-bond donors (Lipinski definition) is 2. The molecule has 1 aromatic carbocycles.